The zero-order valence-corrected chi connectivity index (χ0v) is 31.6. The van der Waals surface area contributed by atoms with Crippen molar-refractivity contribution < 1.29 is 0 Å². The highest BCUT2D eigenvalue weighted by molar-refractivity contribution is 7.80. The van der Waals surface area contributed by atoms with Gasteiger partial charge in [0.1, 0.15) is 5.01 Å². The average molecular weight is 682 g/mol. The van der Waals surface area contributed by atoms with E-state index in [1.165, 1.54) is 148 Å². The molecule has 0 amide bonds. The molecule has 3 nitrogen and oxygen atoms in total. The standard InChI is InChI=1S/C43H59N3S2/c1-4-7-9-11-13-15-17-21-29-43(30-22-18-16-14-12-10-8-5-2)37-31-33(41-46-39-23-19-20-24-40(39)48-41)25-27-35(37)36-28-26-34(32-38(36)43)45-42(47)44-6-3/h19-20,23-28,31-32H,4-18,21-22,29-30H2,1-3H3,(H2,44,45,47). The minimum absolute atomic E-state index is 0.000720. The maximum Gasteiger partial charge on any atom is 0.170 e. The predicted molar refractivity (Wildman–Crippen MR) is 216 cm³/mol. The molecule has 258 valence electrons. The van der Waals surface area contributed by atoms with E-state index in [1.807, 2.05) is 11.3 Å². The molecule has 0 fully saturated rings. The lowest BCUT2D eigenvalue weighted by molar-refractivity contribution is 0.397. The van der Waals surface area contributed by atoms with E-state index in [0.29, 0.717) is 5.11 Å². The molecule has 0 bridgehead atoms. The van der Waals surface area contributed by atoms with Gasteiger partial charge in [-0.1, -0.05) is 147 Å². The maximum absolute atomic E-state index is 5.63. The molecule has 5 rings (SSSR count). The molecule has 1 aliphatic rings. The molecule has 0 unspecified atom stereocenters. The second-order valence-electron chi connectivity index (χ2n) is 14.0. The fraction of sp³-hybridized carbons (Fsp3) is 0.535. The number of thiocarbonyl (C=S) groups is 1. The Morgan fingerprint density at radius 1 is 0.667 bits per heavy atom. The third-order valence-electron chi connectivity index (χ3n) is 10.4. The van der Waals surface area contributed by atoms with Crippen LogP contribution in [0.2, 0.25) is 0 Å². The maximum atomic E-state index is 5.63. The van der Waals surface area contributed by atoms with Crippen molar-refractivity contribution in [3.05, 3.63) is 71.8 Å². The van der Waals surface area contributed by atoms with Crippen molar-refractivity contribution in [2.45, 2.75) is 142 Å². The van der Waals surface area contributed by atoms with Crippen LogP contribution in [-0.2, 0) is 5.41 Å². The van der Waals surface area contributed by atoms with Gasteiger partial charge in [-0.15, -0.1) is 11.3 Å². The largest absolute Gasteiger partial charge is 0.363 e. The molecule has 2 N–H and O–H groups in total. The van der Waals surface area contributed by atoms with E-state index in [4.69, 9.17) is 17.2 Å². The molecule has 4 aromatic rings. The average Bonchev–Trinajstić information content (AvgIpc) is 3.64. The highest BCUT2D eigenvalue weighted by Crippen LogP contribution is 2.55. The first kappa shape index (κ1) is 36.5. The molecule has 0 aliphatic heterocycles. The van der Waals surface area contributed by atoms with Gasteiger partial charge in [0.2, 0.25) is 0 Å². The second kappa shape index (κ2) is 18.9. The lowest BCUT2D eigenvalue weighted by Gasteiger charge is -2.33. The Morgan fingerprint density at radius 3 is 1.83 bits per heavy atom. The van der Waals surface area contributed by atoms with Crippen molar-refractivity contribution in [2.24, 2.45) is 0 Å². The summed E-state index contributed by atoms with van der Waals surface area (Å²) in [5.74, 6) is 0. The summed E-state index contributed by atoms with van der Waals surface area (Å²) in [6.07, 6.45) is 23.9. The van der Waals surface area contributed by atoms with Gasteiger partial charge in [-0.25, -0.2) is 4.98 Å². The number of benzene rings is 3. The number of thiazole rings is 1. The quantitative estimate of drug-likeness (QED) is 0.0678. The van der Waals surface area contributed by atoms with Crippen LogP contribution in [0.3, 0.4) is 0 Å². The van der Waals surface area contributed by atoms with Gasteiger partial charge in [0.15, 0.2) is 5.11 Å². The smallest absolute Gasteiger partial charge is 0.170 e. The van der Waals surface area contributed by atoms with Crippen molar-refractivity contribution in [1.29, 1.82) is 0 Å². The lowest BCUT2D eigenvalue weighted by atomic mass is 9.70. The lowest BCUT2D eigenvalue weighted by Crippen LogP contribution is -2.28. The van der Waals surface area contributed by atoms with Gasteiger partial charge in [-0.05, 0) is 84.6 Å². The minimum Gasteiger partial charge on any atom is -0.363 e. The third kappa shape index (κ3) is 9.27. The molecule has 1 heterocycles. The van der Waals surface area contributed by atoms with Gasteiger partial charge in [0, 0.05) is 23.2 Å². The van der Waals surface area contributed by atoms with Crippen molar-refractivity contribution in [1.82, 2.24) is 10.3 Å². The number of anilines is 1. The number of rotatable bonds is 21. The summed E-state index contributed by atoms with van der Waals surface area (Å²) >= 11 is 7.45. The Labute approximate surface area is 300 Å². The number of para-hydroxylation sites is 1. The van der Waals surface area contributed by atoms with Crippen LogP contribution < -0.4 is 10.6 Å². The molecule has 3 aromatic carbocycles. The van der Waals surface area contributed by atoms with E-state index in [2.05, 4.69) is 92.1 Å². The summed E-state index contributed by atoms with van der Waals surface area (Å²) in [6.45, 7) is 7.52. The molecule has 0 spiro atoms. The normalized spacial score (nSPS) is 13.1. The number of nitrogens with one attached hydrogen (secondary N) is 2. The van der Waals surface area contributed by atoms with Crippen molar-refractivity contribution in [2.75, 3.05) is 11.9 Å². The van der Waals surface area contributed by atoms with Crippen LogP contribution in [0.1, 0.15) is 147 Å². The number of hydrogen-bond acceptors (Lipinski definition) is 3. The zero-order valence-electron chi connectivity index (χ0n) is 30.0. The first-order valence-corrected chi connectivity index (χ1v) is 20.5. The highest BCUT2D eigenvalue weighted by atomic mass is 32.1. The summed E-state index contributed by atoms with van der Waals surface area (Å²) in [6, 6.07) is 22.8. The summed E-state index contributed by atoms with van der Waals surface area (Å²) in [5, 5.41) is 8.61. The van der Waals surface area contributed by atoms with E-state index >= 15 is 0 Å². The second-order valence-corrected chi connectivity index (χ2v) is 15.5. The molecule has 0 saturated carbocycles. The Balaban J connectivity index is 1.46. The third-order valence-corrected chi connectivity index (χ3v) is 11.7. The zero-order chi connectivity index (χ0) is 33.6. The van der Waals surface area contributed by atoms with Gasteiger partial charge < -0.3 is 10.6 Å². The van der Waals surface area contributed by atoms with E-state index in [-0.39, 0.29) is 5.41 Å². The minimum atomic E-state index is -0.000720. The van der Waals surface area contributed by atoms with Gasteiger partial charge in [0.05, 0.1) is 10.2 Å². The Morgan fingerprint density at radius 2 is 1.23 bits per heavy atom. The summed E-state index contributed by atoms with van der Waals surface area (Å²) in [7, 11) is 0. The van der Waals surface area contributed by atoms with Crippen LogP contribution in [-0.4, -0.2) is 16.6 Å². The number of nitrogens with zero attached hydrogens (tertiary/aromatic N) is 1. The van der Waals surface area contributed by atoms with Gasteiger partial charge in [0.25, 0.3) is 0 Å². The fourth-order valence-corrected chi connectivity index (χ4v) is 9.05. The van der Waals surface area contributed by atoms with Crippen molar-refractivity contribution in [3.8, 4) is 21.7 Å². The van der Waals surface area contributed by atoms with E-state index < -0.39 is 0 Å². The topological polar surface area (TPSA) is 37.0 Å². The van der Waals surface area contributed by atoms with Crippen molar-refractivity contribution in [3.63, 3.8) is 0 Å². The summed E-state index contributed by atoms with van der Waals surface area (Å²) in [5.41, 5.74) is 9.27. The van der Waals surface area contributed by atoms with Crippen LogP contribution in [0.4, 0.5) is 5.69 Å². The van der Waals surface area contributed by atoms with Gasteiger partial charge in [-0.3, -0.25) is 0 Å². The molecule has 0 saturated heterocycles. The molecule has 5 heteroatoms. The number of unbranched alkanes of at least 4 members (excludes halogenated alkanes) is 14. The van der Waals surface area contributed by atoms with E-state index in [0.717, 1.165) is 22.8 Å². The Hall–Kier alpha value is -2.76. The van der Waals surface area contributed by atoms with Gasteiger partial charge >= 0.3 is 0 Å². The molecule has 0 atom stereocenters. The van der Waals surface area contributed by atoms with Crippen LogP contribution in [0.25, 0.3) is 31.9 Å². The molecular weight excluding hydrogens is 623 g/mol. The first-order valence-electron chi connectivity index (χ1n) is 19.3. The van der Waals surface area contributed by atoms with Gasteiger partial charge in [-0.2, -0.15) is 0 Å². The Bertz CT molecular complexity index is 1540. The highest BCUT2D eigenvalue weighted by Gasteiger charge is 2.42. The molecular formula is C43H59N3S2. The predicted octanol–water partition coefficient (Wildman–Crippen LogP) is 13.6. The Kier molecular flexibility index (Phi) is 14.3. The van der Waals surface area contributed by atoms with Crippen LogP contribution in [0.15, 0.2) is 60.7 Å². The van der Waals surface area contributed by atoms with E-state index in [9.17, 15) is 0 Å². The van der Waals surface area contributed by atoms with Crippen LogP contribution >= 0.6 is 23.6 Å². The van der Waals surface area contributed by atoms with Crippen LogP contribution in [0, 0.1) is 0 Å². The number of aromatic nitrogens is 1. The summed E-state index contributed by atoms with van der Waals surface area (Å²) in [4.78, 5) is 5.09. The monoisotopic (exact) mass is 681 g/mol. The number of fused-ring (bicyclic) bond motifs is 4. The molecule has 1 aromatic heterocycles. The molecule has 0 radical (unpaired) electrons. The molecule has 1 aliphatic carbocycles. The van der Waals surface area contributed by atoms with Crippen LogP contribution in [0.5, 0.6) is 0 Å². The van der Waals surface area contributed by atoms with E-state index in [1.54, 1.807) is 0 Å². The SMILES string of the molecule is CCCCCCCCCCC1(CCCCCCCCCC)c2cc(NC(=S)NCC)ccc2-c2ccc(-c3nc4ccccc4s3)cc21. The molecule has 48 heavy (non-hydrogen) atoms. The van der Waals surface area contributed by atoms with Crippen molar-refractivity contribution >= 4 is 44.6 Å². The number of hydrogen-bond donors (Lipinski definition) is 2. The fourth-order valence-electron chi connectivity index (χ4n) is 7.82. The summed E-state index contributed by atoms with van der Waals surface area (Å²) < 4.78 is 1.26. The first-order chi connectivity index (χ1) is 23.6.